The number of halogens is 1. The Bertz CT molecular complexity index is 459. The average Bonchev–Trinajstić information content (AvgIpc) is 2.86. The van der Waals surface area contributed by atoms with Gasteiger partial charge < -0.3 is 15.4 Å². The summed E-state index contributed by atoms with van der Waals surface area (Å²) in [4.78, 5) is 13.7. The molecule has 0 bridgehead atoms. The first-order valence-electron chi connectivity index (χ1n) is 6.45. The molecule has 1 unspecified atom stereocenters. The molecule has 1 atom stereocenters. The lowest BCUT2D eigenvalue weighted by Gasteiger charge is -2.20. The molecule has 1 saturated heterocycles. The number of benzene rings is 1. The predicted octanol–water partition coefficient (Wildman–Crippen LogP) is 2.45. The van der Waals surface area contributed by atoms with Crippen molar-refractivity contribution in [1.82, 2.24) is 4.90 Å². The standard InChI is InChI=1S/C14H19ClN2O2/c1-17(14(18)8-12-3-2-6-19-12)9-10-7-11(16)4-5-13(10)15/h4-5,7,12H,2-3,6,8-9,16H2,1H3. The molecule has 0 spiro atoms. The van der Waals surface area contributed by atoms with Crippen molar-refractivity contribution in [2.75, 3.05) is 19.4 Å². The van der Waals surface area contributed by atoms with Crippen LogP contribution < -0.4 is 5.73 Å². The summed E-state index contributed by atoms with van der Waals surface area (Å²) in [5.41, 5.74) is 7.25. The second-order valence-corrected chi connectivity index (χ2v) is 5.35. The van der Waals surface area contributed by atoms with E-state index in [0.717, 1.165) is 25.0 Å². The molecular weight excluding hydrogens is 264 g/mol. The molecule has 2 rings (SSSR count). The van der Waals surface area contributed by atoms with Crippen LogP contribution in [0.5, 0.6) is 0 Å². The van der Waals surface area contributed by atoms with Crippen molar-refractivity contribution in [1.29, 1.82) is 0 Å². The molecule has 1 heterocycles. The molecule has 2 N–H and O–H groups in total. The van der Waals surface area contributed by atoms with Crippen LogP contribution in [0.4, 0.5) is 5.69 Å². The van der Waals surface area contributed by atoms with Gasteiger partial charge in [-0.25, -0.2) is 0 Å². The molecule has 104 valence electrons. The SMILES string of the molecule is CN(Cc1cc(N)ccc1Cl)C(=O)CC1CCCO1. The Hall–Kier alpha value is -1.26. The maximum atomic E-state index is 12.1. The Labute approximate surface area is 118 Å². The summed E-state index contributed by atoms with van der Waals surface area (Å²) >= 11 is 6.10. The largest absolute Gasteiger partial charge is 0.399 e. The van der Waals surface area contributed by atoms with Gasteiger partial charge in [-0.15, -0.1) is 0 Å². The highest BCUT2D eigenvalue weighted by Gasteiger charge is 2.21. The highest BCUT2D eigenvalue weighted by Crippen LogP contribution is 2.21. The van der Waals surface area contributed by atoms with Crippen LogP contribution in [0.2, 0.25) is 5.02 Å². The number of ether oxygens (including phenoxy) is 1. The van der Waals surface area contributed by atoms with Crippen LogP contribution in [-0.2, 0) is 16.1 Å². The molecule has 1 aliphatic rings. The van der Waals surface area contributed by atoms with Crippen molar-refractivity contribution in [3.63, 3.8) is 0 Å². The van der Waals surface area contributed by atoms with E-state index in [1.54, 1.807) is 30.1 Å². The zero-order chi connectivity index (χ0) is 13.8. The third-order valence-corrected chi connectivity index (χ3v) is 3.70. The van der Waals surface area contributed by atoms with E-state index in [0.29, 0.717) is 23.7 Å². The van der Waals surface area contributed by atoms with Gasteiger partial charge in [-0.2, -0.15) is 0 Å². The smallest absolute Gasteiger partial charge is 0.225 e. The van der Waals surface area contributed by atoms with Crippen LogP contribution in [0.1, 0.15) is 24.8 Å². The number of nitrogen functional groups attached to an aromatic ring is 1. The number of rotatable bonds is 4. The quantitative estimate of drug-likeness (QED) is 0.863. The number of nitrogens with zero attached hydrogens (tertiary/aromatic N) is 1. The van der Waals surface area contributed by atoms with Crippen molar-refractivity contribution < 1.29 is 9.53 Å². The molecule has 1 aromatic carbocycles. The fraction of sp³-hybridized carbons (Fsp3) is 0.500. The fourth-order valence-electron chi connectivity index (χ4n) is 2.22. The first-order valence-corrected chi connectivity index (χ1v) is 6.83. The van der Waals surface area contributed by atoms with E-state index >= 15 is 0 Å². The maximum Gasteiger partial charge on any atom is 0.225 e. The molecule has 0 saturated carbocycles. The summed E-state index contributed by atoms with van der Waals surface area (Å²) in [5.74, 6) is 0.0744. The molecule has 0 radical (unpaired) electrons. The zero-order valence-corrected chi connectivity index (χ0v) is 11.8. The minimum absolute atomic E-state index is 0.0744. The number of hydrogen-bond donors (Lipinski definition) is 1. The molecule has 0 aliphatic carbocycles. The Kier molecular flexibility index (Phi) is 4.66. The van der Waals surface area contributed by atoms with Gasteiger partial charge >= 0.3 is 0 Å². The van der Waals surface area contributed by atoms with E-state index in [4.69, 9.17) is 22.1 Å². The van der Waals surface area contributed by atoms with E-state index in [2.05, 4.69) is 0 Å². The molecule has 1 aliphatic heterocycles. The summed E-state index contributed by atoms with van der Waals surface area (Å²) in [6.45, 7) is 1.23. The van der Waals surface area contributed by atoms with Crippen LogP contribution in [0, 0.1) is 0 Å². The maximum absolute atomic E-state index is 12.1. The highest BCUT2D eigenvalue weighted by atomic mass is 35.5. The molecule has 1 aromatic rings. The summed E-state index contributed by atoms with van der Waals surface area (Å²) < 4.78 is 5.47. The minimum Gasteiger partial charge on any atom is -0.399 e. The number of carbonyl (C=O) groups excluding carboxylic acids is 1. The van der Waals surface area contributed by atoms with Gasteiger partial charge in [-0.05, 0) is 36.6 Å². The van der Waals surface area contributed by atoms with Gasteiger partial charge in [0.1, 0.15) is 0 Å². The second kappa shape index (κ2) is 6.26. The van der Waals surface area contributed by atoms with E-state index in [1.807, 2.05) is 0 Å². The van der Waals surface area contributed by atoms with Crippen LogP contribution in [0.3, 0.4) is 0 Å². The molecule has 19 heavy (non-hydrogen) atoms. The zero-order valence-electron chi connectivity index (χ0n) is 11.1. The van der Waals surface area contributed by atoms with Crippen LogP contribution >= 0.6 is 11.6 Å². The Balaban J connectivity index is 1.93. The summed E-state index contributed by atoms with van der Waals surface area (Å²) in [6, 6.07) is 5.31. The van der Waals surface area contributed by atoms with E-state index in [9.17, 15) is 4.79 Å². The van der Waals surface area contributed by atoms with Crippen molar-refractivity contribution in [3.8, 4) is 0 Å². The van der Waals surface area contributed by atoms with Crippen LogP contribution in [-0.4, -0.2) is 30.6 Å². The predicted molar refractivity (Wildman–Crippen MR) is 75.9 cm³/mol. The van der Waals surface area contributed by atoms with Crippen molar-refractivity contribution in [2.24, 2.45) is 0 Å². The minimum atomic E-state index is 0.0744. The molecule has 0 aromatic heterocycles. The number of hydrogen-bond acceptors (Lipinski definition) is 3. The summed E-state index contributed by atoms with van der Waals surface area (Å²) in [7, 11) is 1.77. The Morgan fingerprint density at radius 1 is 1.58 bits per heavy atom. The van der Waals surface area contributed by atoms with E-state index in [-0.39, 0.29) is 12.0 Å². The van der Waals surface area contributed by atoms with E-state index in [1.165, 1.54) is 0 Å². The normalized spacial score (nSPS) is 18.5. The molecule has 1 fully saturated rings. The lowest BCUT2D eigenvalue weighted by atomic mass is 10.1. The van der Waals surface area contributed by atoms with Crippen LogP contribution in [0.25, 0.3) is 0 Å². The third kappa shape index (κ3) is 3.85. The Morgan fingerprint density at radius 2 is 2.37 bits per heavy atom. The fourth-order valence-corrected chi connectivity index (χ4v) is 2.39. The van der Waals surface area contributed by atoms with Gasteiger partial charge in [-0.3, -0.25) is 4.79 Å². The highest BCUT2D eigenvalue weighted by molar-refractivity contribution is 6.31. The van der Waals surface area contributed by atoms with Crippen LogP contribution in [0.15, 0.2) is 18.2 Å². The molecule has 4 nitrogen and oxygen atoms in total. The number of anilines is 1. The van der Waals surface area contributed by atoms with E-state index < -0.39 is 0 Å². The third-order valence-electron chi connectivity index (χ3n) is 3.33. The average molecular weight is 283 g/mol. The summed E-state index contributed by atoms with van der Waals surface area (Å²) in [6.07, 6.45) is 2.53. The monoisotopic (exact) mass is 282 g/mol. The lowest BCUT2D eigenvalue weighted by molar-refractivity contribution is -0.132. The second-order valence-electron chi connectivity index (χ2n) is 4.94. The van der Waals surface area contributed by atoms with Gasteiger partial charge in [0.05, 0.1) is 12.5 Å². The number of nitrogens with two attached hydrogens (primary N) is 1. The van der Waals surface area contributed by atoms with Gasteiger partial charge in [-0.1, -0.05) is 11.6 Å². The Morgan fingerprint density at radius 3 is 3.05 bits per heavy atom. The molecule has 5 heteroatoms. The van der Waals surface area contributed by atoms with Crippen molar-refractivity contribution >= 4 is 23.2 Å². The van der Waals surface area contributed by atoms with Gasteiger partial charge in [0.2, 0.25) is 5.91 Å². The van der Waals surface area contributed by atoms with Crippen molar-refractivity contribution in [3.05, 3.63) is 28.8 Å². The number of amides is 1. The van der Waals surface area contributed by atoms with Gasteiger partial charge in [0, 0.05) is 30.9 Å². The summed E-state index contributed by atoms with van der Waals surface area (Å²) in [5, 5.41) is 0.631. The first-order chi connectivity index (χ1) is 9.06. The topological polar surface area (TPSA) is 55.6 Å². The van der Waals surface area contributed by atoms with Gasteiger partial charge in [0.25, 0.3) is 0 Å². The van der Waals surface area contributed by atoms with Crippen molar-refractivity contribution in [2.45, 2.75) is 31.9 Å². The molecular formula is C14H19ClN2O2. The first kappa shape index (κ1) is 14.2. The lowest BCUT2D eigenvalue weighted by Crippen LogP contribution is -2.29. The molecule has 1 amide bonds. The number of carbonyl (C=O) groups is 1. The van der Waals surface area contributed by atoms with Gasteiger partial charge in [0.15, 0.2) is 0 Å².